The lowest BCUT2D eigenvalue weighted by Gasteiger charge is -2.27. The summed E-state index contributed by atoms with van der Waals surface area (Å²) in [5.74, 6) is 6.30. The fourth-order valence-corrected chi connectivity index (χ4v) is 8.54. The highest BCUT2D eigenvalue weighted by atomic mass is 79.9. The Morgan fingerprint density at radius 2 is 1.12 bits per heavy atom. The van der Waals surface area contributed by atoms with Crippen molar-refractivity contribution in [3.8, 4) is 11.8 Å². The molecule has 0 fully saturated rings. The molecule has 0 heterocycles. The summed E-state index contributed by atoms with van der Waals surface area (Å²) in [4.78, 5) is 0. The molecule has 0 saturated carbocycles. The lowest BCUT2D eigenvalue weighted by Crippen LogP contribution is -3.00. The third kappa shape index (κ3) is 7.20. The van der Waals surface area contributed by atoms with Gasteiger partial charge in [-0.3, -0.25) is 0 Å². The number of unbranched alkanes of at least 4 members (excludes halogenated alkanes) is 3. The van der Waals surface area contributed by atoms with Crippen LogP contribution in [0.2, 0.25) is 0 Å². The smallest absolute Gasteiger partial charge is 0.112 e. The monoisotopic (exact) mass is 504 g/mol. The van der Waals surface area contributed by atoms with Crippen LogP contribution in [0.1, 0.15) is 45.4 Å². The summed E-state index contributed by atoms with van der Waals surface area (Å²) in [6, 6.07) is 33.6. The average Bonchev–Trinajstić information content (AvgIpc) is 2.84. The Kier molecular flexibility index (Phi) is 12.1. The van der Waals surface area contributed by atoms with Crippen molar-refractivity contribution in [2.75, 3.05) is 6.16 Å². The first-order valence-electron chi connectivity index (χ1n) is 11.5. The van der Waals surface area contributed by atoms with Crippen LogP contribution in [0.25, 0.3) is 0 Å². The van der Waals surface area contributed by atoms with Crippen LogP contribution in [0.15, 0.2) is 103 Å². The highest BCUT2D eigenvalue weighted by Crippen LogP contribution is 2.55. The van der Waals surface area contributed by atoms with E-state index < -0.39 is 7.26 Å². The van der Waals surface area contributed by atoms with Crippen LogP contribution in [0, 0.1) is 11.8 Å². The molecule has 0 aliphatic carbocycles. The molecule has 0 amide bonds. The molecule has 0 nitrogen and oxygen atoms in total. The van der Waals surface area contributed by atoms with Crippen molar-refractivity contribution in [1.82, 2.24) is 0 Å². The normalized spacial score (nSPS) is 10.9. The first-order chi connectivity index (χ1) is 15.4. The van der Waals surface area contributed by atoms with Gasteiger partial charge >= 0.3 is 0 Å². The maximum absolute atomic E-state index is 3.18. The summed E-state index contributed by atoms with van der Waals surface area (Å²) in [7, 11) is -1.66. The molecule has 32 heavy (non-hydrogen) atoms. The number of halogens is 1. The standard InChI is InChI=1S/C30H34P.BrH/c1-2-3-4-5-6-7-8-9-10-20-27-31(28-21-14-11-15-22-28,29-23-16-12-17-24-29)30-25-18-13-19-26-30;/h6-7,11-19,21-26H,2,5,8-10,20,27H2,1H3;1H/q+1;/p-1. The second kappa shape index (κ2) is 14.8. The number of hydrogen-bond acceptors (Lipinski definition) is 0. The van der Waals surface area contributed by atoms with Gasteiger partial charge in [0, 0.05) is 12.8 Å². The zero-order valence-corrected chi connectivity index (χ0v) is 21.6. The minimum atomic E-state index is -1.66. The van der Waals surface area contributed by atoms with Gasteiger partial charge < -0.3 is 17.0 Å². The molecule has 0 bridgehead atoms. The number of benzene rings is 3. The van der Waals surface area contributed by atoms with Gasteiger partial charge in [0.05, 0.1) is 6.16 Å². The fraction of sp³-hybridized carbons (Fsp3) is 0.267. The molecule has 0 spiro atoms. The van der Waals surface area contributed by atoms with E-state index in [9.17, 15) is 0 Å². The van der Waals surface area contributed by atoms with Crippen molar-refractivity contribution in [3.05, 3.63) is 103 Å². The van der Waals surface area contributed by atoms with Crippen LogP contribution in [-0.4, -0.2) is 6.16 Å². The Morgan fingerprint density at radius 1 is 0.625 bits per heavy atom. The molecule has 0 unspecified atom stereocenters. The Labute approximate surface area is 206 Å². The molecule has 0 aliphatic heterocycles. The van der Waals surface area contributed by atoms with E-state index in [0.29, 0.717) is 0 Å². The summed E-state index contributed by atoms with van der Waals surface area (Å²) >= 11 is 0. The SMILES string of the molecule is CCC#CCC=CCCCCC[P+](c1ccccc1)(c1ccccc1)c1ccccc1.[Br-]. The largest absolute Gasteiger partial charge is 1.00 e. The predicted octanol–water partition coefficient (Wildman–Crippen LogP) is 3.90. The summed E-state index contributed by atoms with van der Waals surface area (Å²) in [6.07, 6.45) is 12.5. The average molecular weight is 505 g/mol. The molecular weight excluding hydrogens is 471 g/mol. The van der Waals surface area contributed by atoms with E-state index in [0.717, 1.165) is 19.3 Å². The second-order valence-corrected chi connectivity index (χ2v) is 11.4. The molecule has 0 atom stereocenters. The van der Waals surface area contributed by atoms with Crippen LogP contribution in [-0.2, 0) is 0 Å². The quantitative estimate of drug-likeness (QED) is 0.170. The van der Waals surface area contributed by atoms with Gasteiger partial charge in [0.15, 0.2) is 0 Å². The van der Waals surface area contributed by atoms with E-state index >= 15 is 0 Å². The minimum Gasteiger partial charge on any atom is -1.00 e. The Balaban J connectivity index is 0.00000363. The third-order valence-corrected chi connectivity index (χ3v) is 10.2. The van der Waals surface area contributed by atoms with Gasteiger partial charge in [0.1, 0.15) is 23.2 Å². The van der Waals surface area contributed by atoms with Gasteiger partial charge in [-0.2, -0.15) is 0 Å². The van der Waals surface area contributed by atoms with E-state index in [4.69, 9.17) is 0 Å². The minimum absolute atomic E-state index is 0. The fourth-order valence-electron chi connectivity index (χ4n) is 4.13. The lowest BCUT2D eigenvalue weighted by molar-refractivity contribution is -0.00000617. The van der Waals surface area contributed by atoms with Crippen molar-refractivity contribution >= 4 is 23.2 Å². The maximum Gasteiger partial charge on any atom is 0.112 e. The summed E-state index contributed by atoms with van der Waals surface area (Å²) in [5.41, 5.74) is 0. The van der Waals surface area contributed by atoms with E-state index in [-0.39, 0.29) is 17.0 Å². The van der Waals surface area contributed by atoms with Crippen LogP contribution in [0.5, 0.6) is 0 Å². The van der Waals surface area contributed by atoms with E-state index in [2.05, 4.69) is 122 Å². The van der Waals surface area contributed by atoms with Gasteiger partial charge in [-0.05, 0) is 62.1 Å². The van der Waals surface area contributed by atoms with E-state index in [1.165, 1.54) is 41.3 Å². The first-order valence-corrected chi connectivity index (χ1v) is 13.5. The Morgan fingerprint density at radius 3 is 1.59 bits per heavy atom. The van der Waals surface area contributed by atoms with Gasteiger partial charge in [-0.15, -0.1) is 5.92 Å². The molecule has 3 rings (SSSR count). The van der Waals surface area contributed by atoms with Crippen LogP contribution < -0.4 is 32.9 Å². The first kappa shape index (κ1) is 26.1. The molecule has 0 radical (unpaired) electrons. The summed E-state index contributed by atoms with van der Waals surface area (Å²) < 4.78 is 0. The third-order valence-electron chi connectivity index (χ3n) is 5.64. The zero-order chi connectivity index (χ0) is 21.6. The Hall–Kier alpha value is -2.13. The van der Waals surface area contributed by atoms with Crippen LogP contribution >= 0.6 is 7.26 Å². The number of hydrogen-bond donors (Lipinski definition) is 0. The van der Waals surface area contributed by atoms with Crippen LogP contribution in [0.4, 0.5) is 0 Å². The second-order valence-electron chi connectivity index (χ2n) is 7.77. The molecule has 0 N–H and O–H groups in total. The zero-order valence-electron chi connectivity index (χ0n) is 19.1. The summed E-state index contributed by atoms with van der Waals surface area (Å²) in [6.45, 7) is 2.10. The summed E-state index contributed by atoms with van der Waals surface area (Å²) in [5, 5.41) is 4.46. The predicted molar refractivity (Wildman–Crippen MR) is 140 cm³/mol. The van der Waals surface area contributed by atoms with Crippen molar-refractivity contribution < 1.29 is 17.0 Å². The molecular formula is C30H34BrP. The molecule has 0 saturated heterocycles. The maximum atomic E-state index is 3.18. The number of rotatable bonds is 10. The van der Waals surface area contributed by atoms with Crippen molar-refractivity contribution in [2.45, 2.75) is 45.4 Å². The van der Waals surface area contributed by atoms with Crippen molar-refractivity contribution in [2.24, 2.45) is 0 Å². The molecule has 2 heteroatoms. The molecule has 3 aromatic carbocycles. The highest BCUT2D eigenvalue weighted by molar-refractivity contribution is 7.95. The molecule has 0 aromatic heterocycles. The topological polar surface area (TPSA) is 0 Å². The van der Waals surface area contributed by atoms with Crippen molar-refractivity contribution in [1.29, 1.82) is 0 Å². The van der Waals surface area contributed by atoms with Gasteiger partial charge in [0.25, 0.3) is 0 Å². The van der Waals surface area contributed by atoms with Gasteiger partial charge in [-0.1, -0.05) is 79.6 Å². The van der Waals surface area contributed by atoms with E-state index in [1.807, 2.05) is 0 Å². The van der Waals surface area contributed by atoms with E-state index in [1.54, 1.807) is 0 Å². The van der Waals surface area contributed by atoms with Crippen molar-refractivity contribution in [3.63, 3.8) is 0 Å². The van der Waals surface area contributed by atoms with Gasteiger partial charge in [-0.25, -0.2) is 0 Å². The number of allylic oxidation sites excluding steroid dienone is 2. The Bertz CT molecular complexity index is 872. The molecule has 0 aliphatic rings. The molecule has 166 valence electrons. The van der Waals surface area contributed by atoms with Gasteiger partial charge in [0.2, 0.25) is 0 Å². The molecule has 3 aromatic rings. The lowest BCUT2D eigenvalue weighted by atomic mass is 10.2. The highest BCUT2D eigenvalue weighted by Gasteiger charge is 2.44. The van der Waals surface area contributed by atoms with Crippen LogP contribution in [0.3, 0.4) is 0 Å².